The third-order valence-electron chi connectivity index (χ3n) is 7.32. The lowest BCUT2D eigenvalue weighted by Gasteiger charge is -2.20. The van der Waals surface area contributed by atoms with E-state index < -0.39 is 5.97 Å². The van der Waals surface area contributed by atoms with Crippen molar-refractivity contribution in [1.29, 1.82) is 0 Å². The number of carbonyl (C=O) groups is 1. The minimum absolute atomic E-state index is 0.0424. The van der Waals surface area contributed by atoms with Crippen LogP contribution in [0.25, 0.3) is 51.7 Å². The molecule has 4 heteroatoms. The molecule has 4 aromatic carbocycles. The summed E-state index contributed by atoms with van der Waals surface area (Å²) in [7, 11) is 0. The van der Waals surface area contributed by atoms with E-state index in [0.717, 1.165) is 56.8 Å². The summed E-state index contributed by atoms with van der Waals surface area (Å²) < 4.78 is 2.26. The van der Waals surface area contributed by atoms with Crippen LogP contribution in [0, 0.1) is 6.92 Å². The van der Waals surface area contributed by atoms with Gasteiger partial charge in [-0.05, 0) is 54.2 Å². The van der Waals surface area contributed by atoms with Crippen LogP contribution in [0.3, 0.4) is 0 Å². The highest BCUT2D eigenvalue weighted by atomic mass is 16.4. The van der Waals surface area contributed by atoms with Crippen LogP contribution in [0.15, 0.2) is 109 Å². The predicted molar refractivity (Wildman–Crippen MR) is 175 cm³/mol. The third-order valence-corrected chi connectivity index (χ3v) is 7.32. The summed E-state index contributed by atoms with van der Waals surface area (Å²) >= 11 is 0. The summed E-state index contributed by atoms with van der Waals surface area (Å²) in [4.78, 5) is 16.3. The maximum atomic E-state index is 11.0. The summed E-state index contributed by atoms with van der Waals surface area (Å²) in [5.41, 5.74) is 10.4. The molecule has 0 aliphatic carbocycles. The quantitative estimate of drug-likeness (QED) is 0.205. The molecule has 0 fully saturated rings. The molecule has 0 saturated carbocycles. The Morgan fingerprint density at radius 2 is 1.29 bits per heavy atom. The fourth-order valence-electron chi connectivity index (χ4n) is 5.01. The van der Waals surface area contributed by atoms with E-state index in [1.165, 1.54) is 11.1 Å². The van der Waals surface area contributed by atoms with E-state index in [1.54, 1.807) is 6.08 Å². The molecule has 42 heavy (non-hydrogen) atoms. The second-order valence-electron chi connectivity index (χ2n) is 11.5. The van der Waals surface area contributed by atoms with Gasteiger partial charge in [0.1, 0.15) is 5.82 Å². The minimum atomic E-state index is -0.971. The summed E-state index contributed by atoms with van der Waals surface area (Å²) in [5.74, 6) is -0.113. The highest BCUT2D eigenvalue weighted by Gasteiger charge is 2.23. The van der Waals surface area contributed by atoms with Crippen molar-refractivity contribution in [2.75, 3.05) is 0 Å². The van der Waals surface area contributed by atoms with Gasteiger partial charge >= 0.3 is 5.97 Å². The fourth-order valence-corrected chi connectivity index (χ4v) is 5.01. The normalized spacial score (nSPS) is 11.9. The van der Waals surface area contributed by atoms with Gasteiger partial charge in [-0.3, -0.25) is 4.57 Å². The second kappa shape index (κ2) is 11.9. The van der Waals surface area contributed by atoms with Gasteiger partial charge in [0.05, 0.1) is 11.4 Å². The molecule has 1 heterocycles. The van der Waals surface area contributed by atoms with E-state index >= 15 is 0 Å². The van der Waals surface area contributed by atoms with Crippen molar-refractivity contribution in [3.8, 4) is 39.6 Å². The standard InChI is InChI=1S/C38H36N2O2/c1-6-7-27-12-19-30(20-13-27)36-35(29-17-10-28(11-18-29)14-25-34(41)42)39-37(31-15-8-26(2)9-16-31)40(36)33-23-21-32(22-24-33)38(3,4)5/h6-25H,1-5H3,(H,41,42)/b7-6+,25-14+. The summed E-state index contributed by atoms with van der Waals surface area (Å²) in [6.45, 7) is 10.8. The van der Waals surface area contributed by atoms with Gasteiger partial charge in [0.15, 0.2) is 0 Å². The van der Waals surface area contributed by atoms with Crippen molar-refractivity contribution in [3.63, 3.8) is 0 Å². The van der Waals surface area contributed by atoms with Gasteiger partial charge in [0, 0.05) is 28.5 Å². The number of benzene rings is 4. The molecule has 0 radical (unpaired) electrons. The molecule has 4 nitrogen and oxygen atoms in total. The number of carboxylic acid groups (broad SMARTS) is 1. The van der Waals surface area contributed by atoms with Gasteiger partial charge in [-0.15, -0.1) is 0 Å². The van der Waals surface area contributed by atoms with Crippen LogP contribution in [-0.4, -0.2) is 20.6 Å². The molecule has 210 valence electrons. The van der Waals surface area contributed by atoms with Gasteiger partial charge in [0.2, 0.25) is 0 Å². The minimum Gasteiger partial charge on any atom is -0.478 e. The number of allylic oxidation sites excluding steroid dienone is 1. The zero-order chi connectivity index (χ0) is 29.9. The molecular formula is C38H36N2O2. The molecule has 1 aromatic heterocycles. The first-order chi connectivity index (χ1) is 20.1. The molecule has 5 aromatic rings. The molecular weight excluding hydrogens is 516 g/mol. The Morgan fingerprint density at radius 3 is 1.83 bits per heavy atom. The van der Waals surface area contributed by atoms with E-state index in [4.69, 9.17) is 10.1 Å². The van der Waals surface area contributed by atoms with Crippen LogP contribution in [0.5, 0.6) is 0 Å². The Labute approximate surface area is 248 Å². The smallest absolute Gasteiger partial charge is 0.328 e. The summed E-state index contributed by atoms with van der Waals surface area (Å²) in [6, 6.07) is 33.7. The number of rotatable bonds is 7. The molecule has 0 aliphatic heterocycles. The number of hydrogen-bond acceptors (Lipinski definition) is 2. The number of hydrogen-bond donors (Lipinski definition) is 1. The highest BCUT2D eigenvalue weighted by Crippen LogP contribution is 2.39. The Morgan fingerprint density at radius 1 is 0.738 bits per heavy atom. The molecule has 0 bridgehead atoms. The lowest BCUT2D eigenvalue weighted by molar-refractivity contribution is -0.131. The Bertz CT molecular complexity index is 1750. The van der Waals surface area contributed by atoms with Crippen LogP contribution in [0.2, 0.25) is 0 Å². The predicted octanol–water partition coefficient (Wildman–Crippen LogP) is 9.61. The first kappa shape index (κ1) is 28.6. The molecule has 0 spiro atoms. The summed E-state index contributed by atoms with van der Waals surface area (Å²) in [6.07, 6.45) is 6.88. The van der Waals surface area contributed by atoms with Gasteiger partial charge in [0.25, 0.3) is 0 Å². The molecule has 0 unspecified atom stereocenters. The first-order valence-corrected chi connectivity index (χ1v) is 14.2. The van der Waals surface area contributed by atoms with Crippen LogP contribution < -0.4 is 0 Å². The van der Waals surface area contributed by atoms with E-state index in [2.05, 4.69) is 111 Å². The van der Waals surface area contributed by atoms with Crippen molar-refractivity contribution in [2.45, 2.75) is 40.0 Å². The van der Waals surface area contributed by atoms with Gasteiger partial charge in [-0.2, -0.15) is 0 Å². The molecule has 0 aliphatic rings. The number of carboxylic acids is 1. The van der Waals surface area contributed by atoms with Crippen LogP contribution in [-0.2, 0) is 10.2 Å². The highest BCUT2D eigenvalue weighted by molar-refractivity contribution is 5.87. The van der Waals surface area contributed by atoms with Crippen LogP contribution >= 0.6 is 0 Å². The maximum Gasteiger partial charge on any atom is 0.328 e. The number of nitrogens with zero attached hydrogens (tertiary/aromatic N) is 2. The van der Waals surface area contributed by atoms with E-state index in [1.807, 2.05) is 37.3 Å². The number of imidazole rings is 1. The zero-order valence-electron chi connectivity index (χ0n) is 24.8. The molecule has 0 amide bonds. The number of aryl methyl sites for hydroxylation is 1. The van der Waals surface area contributed by atoms with Crippen LogP contribution in [0.4, 0.5) is 0 Å². The fraction of sp³-hybridized carbons (Fsp3) is 0.158. The average Bonchev–Trinajstić information content (AvgIpc) is 3.37. The third kappa shape index (κ3) is 6.18. The Hall–Kier alpha value is -4.96. The molecule has 0 saturated heterocycles. The lowest BCUT2D eigenvalue weighted by atomic mass is 9.87. The van der Waals surface area contributed by atoms with E-state index in [9.17, 15) is 4.79 Å². The molecule has 5 rings (SSSR count). The van der Waals surface area contributed by atoms with Crippen molar-refractivity contribution in [1.82, 2.24) is 9.55 Å². The lowest BCUT2D eigenvalue weighted by Crippen LogP contribution is -2.11. The monoisotopic (exact) mass is 552 g/mol. The Balaban J connectivity index is 1.78. The van der Waals surface area contributed by atoms with Crippen molar-refractivity contribution in [2.24, 2.45) is 0 Å². The number of aromatic nitrogens is 2. The van der Waals surface area contributed by atoms with Gasteiger partial charge in [-0.25, -0.2) is 9.78 Å². The van der Waals surface area contributed by atoms with Gasteiger partial charge < -0.3 is 5.11 Å². The van der Waals surface area contributed by atoms with E-state index in [0.29, 0.717) is 0 Å². The molecule has 0 atom stereocenters. The maximum absolute atomic E-state index is 11.0. The van der Waals surface area contributed by atoms with Gasteiger partial charge in [-0.1, -0.05) is 123 Å². The van der Waals surface area contributed by atoms with Crippen LogP contribution in [0.1, 0.15) is 49.9 Å². The number of aliphatic carboxylic acids is 1. The summed E-state index contributed by atoms with van der Waals surface area (Å²) in [5, 5.41) is 9.05. The Kier molecular flexibility index (Phi) is 8.08. The average molecular weight is 553 g/mol. The largest absolute Gasteiger partial charge is 0.478 e. The van der Waals surface area contributed by atoms with E-state index in [-0.39, 0.29) is 5.41 Å². The first-order valence-electron chi connectivity index (χ1n) is 14.2. The van der Waals surface area contributed by atoms with Crippen molar-refractivity contribution in [3.05, 3.63) is 131 Å². The second-order valence-corrected chi connectivity index (χ2v) is 11.5. The molecule has 1 N–H and O–H groups in total. The topological polar surface area (TPSA) is 55.1 Å². The SMILES string of the molecule is C/C=C/c1ccc(-c2c(-c3ccc(/C=C/C(=O)O)cc3)nc(-c3ccc(C)cc3)n2-c2ccc(C(C)(C)C)cc2)cc1. The van der Waals surface area contributed by atoms with Crippen molar-refractivity contribution >= 4 is 18.1 Å². The zero-order valence-corrected chi connectivity index (χ0v) is 24.8. The van der Waals surface area contributed by atoms with Crippen molar-refractivity contribution < 1.29 is 9.90 Å².